The second-order valence-corrected chi connectivity index (χ2v) is 5.40. The van der Waals surface area contributed by atoms with Crippen molar-refractivity contribution in [3.05, 3.63) is 30.1 Å². The van der Waals surface area contributed by atoms with Gasteiger partial charge >= 0.3 is 5.97 Å². The Hall–Kier alpha value is -1.63. The molecule has 1 rings (SSSR count). The van der Waals surface area contributed by atoms with E-state index in [2.05, 4.69) is 4.72 Å². The molecule has 17 heavy (non-hydrogen) atoms. The zero-order valence-electron chi connectivity index (χ0n) is 9.05. The molecule has 0 unspecified atom stereocenters. The molecule has 2 N–H and O–H groups in total. The molecule has 0 heterocycles. The van der Waals surface area contributed by atoms with Gasteiger partial charge in [0.05, 0.1) is 17.4 Å². The Labute approximate surface area is 98.3 Å². The zero-order valence-corrected chi connectivity index (χ0v) is 9.87. The second-order valence-electron chi connectivity index (χ2n) is 3.63. The third-order valence-corrected chi connectivity index (χ3v) is 3.47. The van der Waals surface area contributed by atoms with Crippen molar-refractivity contribution in [2.24, 2.45) is 5.92 Å². The topological polar surface area (TPSA) is 83.5 Å². The number of anilines is 1. The number of hydrogen-bond acceptors (Lipinski definition) is 3. The van der Waals surface area contributed by atoms with Crippen molar-refractivity contribution in [3.8, 4) is 0 Å². The molecule has 1 aromatic carbocycles. The summed E-state index contributed by atoms with van der Waals surface area (Å²) in [5.41, 5.74) is 0.0718. The van der Waals surface area contributed by atoms with Gasteiger partial charge in [0.15, 0.2) is 0 Å². The van der Waals surface area contributed by atoms with E-state index in [1.807, 2.05) is 0 Å². The molecule has 1 aromatic rings. The van der Waals surface area contributed by atoms with Crippen molar-refractivity contribution >= 4 is 21.7 Å². The van der Waals surface area contributed by atoms with Crippen LogP contribution in [-0.2, 0) is 14.8 Å². The van der Waals surface area contributed by atoms with E-state index in [1.165, 1.54) is 25.1 Å². The highest BCUT2D eigenvalue weighted by atomic mass is 32.2. The molecule has 0 radical (unpaired) electrons. The average Bonchev–Trinajstić information content (AvgIpc) is 2.15. The summed E-state index contributed by atoms with van der Waals surface area (Å²) in [5, 5.41) is 8.60. The molecule has 0 amide bonds. The lowest BCUT2D eigenvalue weighted by atomic mass is 10.2. The van der Waals surface area contributed by atoms with Crippen LogP contribution in [0.15, 0.2) is 24.3 Å². The van der Waals surface area contributed by atoms with Crippen molar-refractivity contribution in [1.29, 1.82) is 0 Å². The Bertz CT molecular complexity index is 515. The molecule has 0 aliphatic rings. The van der Waals surface area contributed by atoms with E-state index in [0.29, 0.717) is 0 Å². The molecule has 0 bridgehead atoms. The van der Waals surface area contributed by atoms with Crippen LogP contribution in [0.2, 0.25) is 0 Å². The van der Waals surface area contributed by atoms with E-state index in [0.717, 1.165) is 6.07 Å². The molecule has 7 heteroatoms. The maximum absolute atomic E-state index is 12.8. The zero-order chi connectivity index (χ0) is 13.1. The fraction of sp³-hybridized carbons (Fsp3) is 0.300. The van der Waals surface area contributed by atoms with Gasteiger partial charge in [0.25, 0.3) is 0 Å². The van der Waals surface area contributed by atoms with Crippen LogP contribution in [0.25, 0.3) is 0 Å². The van der Waals surface area contributed by atoms with Crippen molar-refractivity contribution in [1.82, 2.24) is 0 Å². The molecule has 0 fully saturated rings. The van der Waals surface area contributed by atoms with Gasteiger partial charge in [0, 0.05) is 0 Å². The molecule has 0 aliphatic carbocycles. The molecule has 5 nitrogen and oxygen atoms in total. The highest BCUT2D eigenvalue weighted by molar-refractivity contribution is 7.92. The summed E-state index contributed by atoms with van der Waals surface area (Å²) in [6, 6.07) is 4.93. The van der Waals surface area contributed by atoms with Crippen LogP contribution in [0, 0.1) is 11.7 Å². The number of hydrogen-bond donors (Lipinski definition) is 2. The number of benzene rings is 1. The standard InChI is InChI=1S/C10H12FNO4S/c1-7(10(13)14)6-17(15,16)12-9-4-2-3-8(11)5-9/h2-5,7,12H,6H2,1H3,(H,13,14)/t7-/m0/s1. The lowest BCUT2D eigenvalue weighted by molar-refractivity contribution is -0.140. The average molecular weight is 261 g/mol. The number of halogens is 1. The number of rotatable bonds is 5. The van der Waals surface area contributed by atoms with Crippen LogP contribution in [0.1, 0.15) is 6.92 Å². The number of carboxylic acids is 1. The molecular formula is C10H12FNO4S. The number of aliphatic carboxylic acids is 1. The van der Waals surface area contributed by atoms with Gasteiger partial charge in [0.2, 0.25) is 10.0 Å². The van der Waals surface area contributed by atoms with E-state index in [4.69, 9.17) is 5.11 Å². The molecule has 0 spiro atoms. The van der Waals surface area contributed by atoms with Crippen molar-refractivity contribution in [2.75, 3.05) is 10.5 Å². The van der Waals surface area contributed by atoms with Crippen LogP contribution in [0.3, 0.4) is 0 Å². The third-order valence-electron chi connectivity index (χ3n) is 1.99. The van der Waals surface area contributed by atoms with Gasteiger partial charge in [0.1, 0.15) is 5.82 Å². The Kier molecular flexibility index (Phi) is 4.06. The number of carbonyl (C=O) groups is 1. The van der Waals surface area contributed by atoms with Crippen molar-refractivity contribution in [3.63, 3.8) is 0 Å². The van der Waals surface area contributed by atoms with Gasteiger partial charge in [-0.1, -0.05) is 13.0 Å². The number of nitrogens with one attached hydrogen (secondary N) is 1. The summed E-state index contributed by atoms with van der Waals surface area (Å²) in [4.78, 5) is 10.5. The fourth-order valence-electron chi connectivity index (χ4n) is 1.17. The van der Waals surface area contributed by atoms with Crippen molar-refractivity contribution in [2.45, 2.75) is 6.92 Å². The van der Waals surface area contributed by atoms with Gasteiger partial charge in [-0.25, -0.2) is 12.8 Å². The van der Waals surface area contributed by atoms with Gasteiger partial charge in [-0.05, 0) is 18.2 Å². The first-order valence-corrected chi connectivity index (χ1v) is 6.44. The molecule has 0 saturated heterocycles. The number of carboxylic acid groups (broad SMARTS) is 1. The van der Waals surface area contributed by atoms with Crippen molar-refractivity contribution < 1.29 is 22.7 Å². The van der Waals surface area contributed by atoms with Crippen LogP contribution in [0.4, 0.5) is 10.1 Å². The molecule has 0 saturated carbocycles. The molecule has 0 aliphatic heterocycles. The summed E-state index contributed by atoms with van der Waals surface area (Å²) in [6.07, 6.45) is 0. The van der Waals surface area contributed by atoms with E-state index in [-0.39, 0.29) is 5.69 Å². The largest absolute Gasteiger partial charge is 0.481 e. The van der Waals surface area contributed by atoms with E-state index < -0.39 is 33.5 Å². The minimum Gasteiger partial charge on any atom is -0.481 e. The molecule has 94 valence electrons. The van der Waals surface area contributed by atoms with Crippen LogP contribution in [0.5, 0.6) is 0 Å². The molecule has 1 atom stereocenters. The predicted octanol–water partition coefficient (Wildman–Crippen LogP) is 1.29. The summed E-state index contributed by atoms with van der Waals surface area (Å²) < 4.78 is 38.0. The molecular weight excluding hydrogens is 249 g/mol. The maximum Gasteiger partial charge on any atom is 0.307 e. The van der Waals surface area contributed by atoms with E-state index >= 15 is 0 Å². The number of sulfonamides is 1. The first-order valence-electron chi connectivity index (χ1n) is 4.79. The minimum atomic E-state index is -3.79. The lowest BCUT2D eigenvalue weighted by Crippen LogP contribution is -2.25. The van der Waals surface area contributed by atoms with Crippen LogP contribution in [-0.4, -0.2) is 25.2 Å². The summed E-state index contributed by atoms with van der Waals surface area (Å²) in [5.74, 6) is -3.36. The first kappa shape index (κ1) is 13.4. The van der Waals surface area contributed by atoms with Crippen LogP contribution < -0.4 is 4.72 Å². The fourth-order valence-corrected chi connectivity index (χ4v) is 2.54. The second kappa shape index (κ2) is 5.13. The lowest BCUT2D eigenvalue weighted by Gasteiger charge is -2.10. The minimum absolute atomic E-state index is 0.0718. The van der Waals surface area contributed by atoms with Gasteiger partial charge in [-0.3, -0.25) is 9.52 Å². The third kappa shape index (κ3) is 4.39. The monoisotopic (exact) mass is 261 g/mol. The Morgan fingerprint density at radius 1 is 1.53 bits per heavy atom. The van der Waals surface area contributed by atoms with Gasteiger partial charge in [-0.2, -0.15) is 0 Å². The quantitative estimate of drug-likeness (QED) is 0.836. The smallest absolute Gasteiger partial charge is 0.307 e. The first-order chi connectivity index (χ1) is 7.80. The SMILES string of the molecule is C[C@@H](CS(=O)(=O)Nc1cccc(F)c1)C(=O)O. The van der Waals surface area contributed by atoms with Crippen LogP contribution >= 0.6 is 0 Å². The Balaban J connectivity index is 2.77. The predicted molar refractivity (Wildman–Crippen MR) is 60.6 cm³/mol. The van der Waals surface area contributed by atoms with Gasteiger partial charge in [-0.15, -0.1) is 0 Å². The van der Waals surface area contributed by atoms with Gasteiger partial charge < -0.3 is 5.11 Å². The summed E-state index contributed by atoms with van der Waals surface area (Å²) >= 11 is 0. The summed E-state index contributed by atoms with van der Waals surface area (Å²) in [7, 11) is -3.79. The highest BCUT2D eigenvalue weighted by Crippen LogP contribution is 2.12. The normalized spacial score (nSPS) is 13.1. The Morgan fingerprint density at radius 3 is 2.71 bits per heavy atom. The molecule has 0 aromatic heterocycles. The highest BCUT2D eigenvalue weighted by Gasteiger charge is 2.20. The van der Waals surface area contributed by atoms with E-state index in [1.54, 1.807) is 0 Å². The Morgan fingerprint density at radius 2 is 2.18 bits per heavy atom. The van der Waals surface area contributed by atoms with E-state index in [9.17, 15) is 17.6 Å². The maximum atomic E-state index is 12.8. The summed E-state index contributed by atoms with van der Waals surface area (Å²) in [6.45, 7) is 1.28.